The van der Waals surface area contributed by atoms with Gasteiger partial charge in [0.05, 0.1) is 22.4 Å². The molecule has 1 atom stereocenters. The van der Waals surface area contributed by atoms with E-state index in [2.05, 4.69) is 34.9 Å². The molecule has 0 saturated carbocycles. The van der Waals surface area contributed by atoms with Crippen LogP contribution in [0.15, 0.2) is 28.9 Å². The molecule has 2 aromatic rings. The van der Waals surface area contributed by atoms with Crippen LogP contribution in [-0.2, 0) is 0 Å². The fourth-order valence-corrected chi connectivity index (χ4v) is 2.86. The summed E-state index contributed by atoms with van der Waals surface area (Å²) in [6.45, 7) is 6.16. The Balaban J connectivity index is 2.53. The van der Waals surface area contributed by atoms with E-state index >= 15 is 0 Å². The van der Waals surface area contributed by atoms with Crippen LogP contribution >= 0.6 is 27.5 Å². The van der Waals surface area contributed by atoms with Crippen LogP contribution in [0, 0.1) is 6.92 Å². The van der Waals surface area contributed by atoms with Crippen molar-refractivity contribution in [1.29, 1.82) is 0 Å². The van der Waals surface area contributed by atoms with Gasteiger partial charge in [0.1, 0.15) is 0 Å². The molecule has 0 radical (unpaired) electrons. The van der Waals surface area contributed by atoms with E-state index in [9.17, 15) is 0 Å². The van der Waals surface area contributed by atoms with Gasteiger partial charge in [-0.05, 0) is 53.9 Å². The van der Waals surface area contributed by atoms with Gasteiger partial charge in [-0.15, -0.1) is 0 Å². The van der Waals surface area contributed by atoms with Gasteiger partial charge in [-0.25, -0.2) is 0 Å². The summed E-state index contributed by atoms with van der Waals surface area (Å²) in [4.78, 5) is 0. The molecule has 19 heavy (non-hydrogen) atoms. The Bertz CT molecular complexity index is 592. The highest BCUT2D eigenvalue weighted by Gasteiger charge is 2.21. The molecular formula is C14H17BrClN3. The summed E-state index contributed by atoms with van der Waals surface area (Å²) in [5.74, 6) is 0. The van der Waals surface area contributed by atoms with Crippen LogP contribution in [-0.4, -0.2) is 9.78 Å². The van der Waals surface area contributed by atoms with Gasteiger partial charge < -0.3 is 5.73 Å². The highest BCUT2D eigenvalue weighted by atomic mass is 79.9. The summed E-state index contributed by atoms with van der Waals surface area (Å²) >= 11 is 9.70. The maximum absolute atomic E-state index is 6.42. The maximum Gasteiger partial charge on any atom is 0.0742 e. The van der Waals surface area contributed by atoms with Gasteiger partial charge in [-0.2, -0.15) is 5.10 Å². The third kappa shape index (κ3) is 2.71. The van der Waals surface area contributed by atoms with Crippen molar-refractivity contribution in [2.75, 3.05) is 0 Å². The van der Waals surface area contributed by atoms with Crippen LogP contribution in [0.3, 0.4) is 0 Å². The van der Waals surface area contributed by atoms with Crippen LogP contribution in [0.4, 0.5) is 0 Å². The average Bonchev–Trinajstić information content (AvgIpc) is 2.74. The molecule has 0 fully saturated rings. The van der Waals surface area contributed by atoms with Gasteiger partial charge in [0.2, 0.25) is 0 Å². The number of hydrogen-bond donors (Lipinski definition) is 1. The van der Waals surface area contributed by atoms with E-state index in [1.165, 1.54) is 0 Å². The third-order valence-electron chi connectivity index (χ3n) is 3.22. The van der Waals surface area contributed by atoms with Crippen molar-refractivity contribution in [3.63, 3.8) is 0 Å². The molecule has 3 nitrogen and oxygen atoms in total. The van der Waals surface area contributed by atoms with Crippen molar-refractivity contribution in [3.8, 4) is 0 Å². The molecular weight excluding hydrogens is 326 g/mol. The van der Waals surface area contributed by atoms with Gasteiger partial charge in [0.15, 0.2) is 0 Å². The fourth-order valence-electron chi connectivity index (χ4n) is 2.16. The van der Waals surface area contributed by atoms with E-state index in [1.54, 1.807) is 6.20 Å². The monoisotopic (exact) mass is 341 g/mol. The second-order valence-electron chi connectivity index (χ2n) is 4.85. The Morgan fingerprint density at radius 1 is 1.37 bits per heavy atom. The van der Waals surface area contributed by atoms with Crippen molar-refractivity contribution in [2.24, 2.45) is 5.73 Å². The zero-order valence-corrected chi connectivity index (χ0v) is 13.5. The minimum Gasteiger partial charge on any atom is -0.319 e. The van der Waals surface area contributed by atoms with Gasteiger partial charge in [-0.3, -0.25) is 4.68 Å². The molecule has 0 bridgehead atoms. The number of halogens is 2. The van der Waals surface area contributed by atoms with Crippen LogP contribution in [0.2, 0.25) is 5.02 Å². The molecule has 0 aliphatic heterocycles. The molecule has 1 aromatic heterocycles. The highest BCUT2D eigenvalue weighted by molar-refractivity contribution is 9.10. The smallest absolute Gasteiger partial charge is 0.0742 e. The Labute approximate surface area is 126 Å². The van der Waals surface area contributed by atoms with E-state index < -0.39 is 0 Å². The van der Waals surface area contributed by atoms with E-state index in [0.29, 0.717) is 0 Å². The van der Waals surface area contributed by atoms with Gasteiger partial charge in [0.25, 0.3) is 0 Å². The lowest BCUT2D eigenvalue weighted by Crippen LogP contribution is -2.20. The van der Waals surface area contributed by atoms with Gasteiger partial charge in [0, 0.05) is 11.1 Å². The Morgan fingerprint density at radius 3 is 2.68 bits per heavy atom. The summed E-state index contributed by atoms with van der Waals surface area (Å²) in [6.07, 6.45) is 1.79. The molecule has 0 aliphatic carbocycles. The van der Waals surface area contributed by atoms with Crippen molar-refractivity contribution in [1.82, 2.24) is 9.78 Å². The Kier molecular flexibility index (Phi) is 4.33. The summed E-state index contributed by atoms with van der Waals surface area (Å²) in [5, 5.41) is 5.11. The lowest BCUT2D eigenvalue weighted by atomic mass is 9.99. The first-order chi connectivity index (χ1) is 8.93. The molecule has 2 rings (SSSR count). The van der Waals surface area contributed by atoms with E-state index in [4.69, 9.17) is 17.3 Å². The molecule has 5 heteroatoms. The highest BCUT2D eigenvalue weighted by Crippen LogP contribution is 2.32. The van der Waals surface area contributed by atoms with Crippen LogP contribution < -0.4 is 5.73 Å². The molecule has 0 saturated heterocycles. The topological polar surface area (TPSA) is 43.8 Å². The normalized spacial score (nSPS) is 13.0. The molecule has 0 aliphatic rings. The number of nitrogens with zero attached hydrogens (tertiary/aromatic N) is 2. The average molecular weight is 343 g/mol. The standard InChI is InChI=1S/C14H17BrClN3/c1-8(2)19-14(11(15)7-18-19)13(17)10-5-4-6-12(16)9(10)3/h4-8,13H,17H2,1-3H3. The van der Waals surface area contributed by atoms with E-state index in [-0.39, 0.29) is 12.1 Å². The predicted molar refractivity (Wildman–Crippen MR) is 82.5 cm³/mol. The molecule has 0 spiro atoms. The third-order valence-corrected chi connectivity index (χ3v) is 4.24. The molecule has 102 valence electrons. The Hall–Kier alpha value is -0.840. The molecule has 0 amide bonds. The zero-order chi connectivity index (χ0) is 14.2. The lowest BCUT2D eigenvalue weighted by molar-refractivity contribution is 0.498. The van der Waals surface area contributed by atoms with Crippen molar-refractivity contribution >= 4 is 27.5 Å². The maximum atomic E-state index is 6.42. The first-order valence-electron chi connectivity index (χ1n) is 6.17. The summed E-state index contributed by atoms with van der Waals surface area (Å²) in [7, 11) is 0. The van der Waals surface area contributed by atoms with Crippen LogP contribution in [0.1, 0.15) is 42.8 Å². The number of benzene rings is 1. The summed E-state index contributed by atoms with van der Waals surface area (Å²) in [6, 6.07) is 5.82. The molecule has 2 N–H and O–H groups in total. The minimum absolute atomic E-state index is 0.252. The minimum atomic E-state index is -0.252. The number of nitrogens with two attached hydrogens (primary N) is 1. The lowest BCUT2D eigenvalue weighted by Gasteiger charge is -2.19. The van der Waals surface area contributed by atoms with Crippen molar-refractivity contribution < 1.29 is 0 Å². The summed E-state index contributed by atoms with van der Waals surface area (Å²) in [5.41, 5.74) is 9.43. The zero-order valence-electron chi connectivity index (χ0n) is 11.2. The fraction of sp³-hybridized carbons (Fsp3) is 0.357. The van der Waals surface area contributed by atoms with E-state index in [0.717, 1.165) is 26.3 Å². The predicted octanol–water partition coefficient (Wildman–Crippen LogP) is 4.24. The molecule has 1 aromatic carbocycles. The molecule has 1 unspecified atom stereocenters. The van der Waals surface area contributed by atoms with Crippen molar-refractivity contribution in [3.05, 3.63) is 50.7 Å². The second-order valence-corrected chi connectivity index (χ2v) is 6.11. The first kappa shape index (κ1) is 14.6. The summed E-state index contributed by atoms with van der Waals surface area (Å²) < 4.78 is 2.86. The van der Waals surface area contributed by atoms with Crippen LogP contribution in [0.5, 0.6) is 0 Å². The van der Waals surface area contributed by atoms with Crippen LogP contribution in [0.25, 0.3) is 0 Å². The molecule has 1 heterocycles. The first-order valence-corrected chi connectivity index (χ1v) is 7.34. The SMILES string of the molecule is Cc1c(Cl)cccc1C(N)c1c(Br)cnn1C(C)C. The number of aromatic nitrogens is 2. The number of hydrogen-bond acceptors (Lipinski definition) is 2. The van der Waals surface area contributed by atoms with Crippen molar-refractivity contribution in [2.45, 2.75) is 32.9 Å². The second kappa shape index (κ2) is 5.65. The quantitative estimate of drug-likeness (QED) is 0.907. The number of rotatable bonds is 3. The van der Waals surface area contributed by atoms with Gasteiger partial charge >= 0.3 is 0 Å². The van der Waals surface area contributed by atoms with Gasteiger partial charge in [-0.1, -0.05) is 23.7 Å². The van der Waals surface area contributed by atoms with E-state index in [1.807, 2.05) is 29.8 Å². The Morgan fingerprint density at radius 2 is 2.05 bits per heavy atom. The largest absolute Gasteiger partial charge is 0.319 e.